The fourth-order valence-electron chi connectivity index (χ4n) is 4.11. The molecule has 3 aromatic rings. The van der Waals surface area contributed by atoms with Crippen molar-refractivity contribution in [2.75, 3.05) is 19.6 Å². The summed E-state index contributed by atoms with van der Waals surface area (Å²) in [6, 6.07) is 5.79. The Hall–Kier alpha value is -2.78. The van der Waals surface area contributed by atoms with E-state index in [9.17, 15) is 14.4 Å². The lowest BCUT2D eigenvalue weighted by Crippen LogP contribution is -2.41. The number of aryl methyl sites for hydroxylation is 1. The van der Waals surface area contributed by atoms with Crippen molar-refractivity contribution < 1.29 is 4.79 Å². The second-order valence-electron chi connectivity index (χ2n) is 8.26. The molecule has 1 amide bonds. The summed E-state index contributed by atoms with van der Waals surface area (Å²) in [7, 11) is 2.98. The number of carbonyl (C=O) groups excluding carboxylic acids is 1. The molecule has 1 fully saturated rings. The Morgan fingerprint density at radius 2 is 2.00 bits per heavy atom. The molecule has 0 unspecified atom stereocenters. The molecule has 164 valence electrons. The number of likely N-dealkylation sites (tertiary alicyclic amines) is 1. The maximum absolute atomic E-state index is 12.9. The van der Waals surface area contributed by atoms with Crippen LogP contribution in [0.25, 0.3) is 11.0 Å². The number of amides is 1. The summed E-state index contributed by atoms with van der Waals surface area (Å²) in [6.45, 7) is 4.80. The van der Waals surface area contributed by atoms with E-state index in [0.717, 1.165) is 36.4 Å². The topological polar surface area (TPSA) is 89.2 Å². The second kappa shape index (κ2) is 8.76. The Morgan fingerprint density at radius 1 is 1.26 bits per heavy atom. The molecule has 0 saturated carbocycles. The molecule has 0 bridgehead atoms. The molecule has 0 spiro atoms. The molecule has 1 aliphatic rings. The number of carbonyl (C=O) groups is 1. The molecular weight excluding hydrogens is 414 g/mol. The maximum atomic E-state index is 12.9. The number of pyridine rings is 1. The zero-order chi connectivity index (χ0) is 22.1. The van der Waals surface area contributed by atoms with Gasteiger partial charge in [0.25, 0.3) is 11.5 Å². The van der Waals surface area contributed by atoms with Crippen molar-refractivity contribution in [3.63, 3.8) is 0 Å². The van der Waals surface area contributed by atoms with Crippen LogP contribution in [0.5, 0.6) is 0 Å². The zero-order valence-electron chi connectivity index (χ0n) is 18.0. The first-order valence-electron chi connectivity index (χ1n) is 10.5. The fourth-order valence-corrected chi connectivity index (χ4v) is 4.97. The third kappa shape index (κ3) is 4.20. The Balaban J connectivity index is 1.56. The number of fused-ring (bicyclic) bond motifs is 1. The number of nitrogens with one attached hydrogen (secondary N) is 1. The van der Waals surface area contributed by atoms with Crippen molar-refractivity contribution in [2.24, 2.45) is 20.0 Å². The lowest BCUT2D eigenvalue weighted by Gasteiger charge is -2.36. The van der Waals surface area contributed by atoms with Crippen LogP contribution < -0.4 is 16.6 Å². The van der Waals surface area contributed by atoms with Crippen molar-refractivity contribution >= 4 is 28.3 Å². The van der Waals surface area contributed by atoms with Gasteiger partial charge in [-0.15, -0.1) is 11.3 Å². The molecule has 3 aromatic heterocycles. The summed E-state index contributed by atoms with van der Waals surface area (Å²) in [6.07, 6.45) is 3.73. The van der Waals surface area contributed by atoms with Crippen molar-refractivity contribution in [1.82, 2.24) is 24.3 Å². The number of thiophene rings is 1. The Morgan fingerprint density at radius 3 is 2.68 bits per heavy atom. The van der Waals surface area contributed by atoms with E-state index in [1.165, 1.54) is 28.8 Å². The first kappa shape index (κ1) is 21.5. The van der Waals surface area contributed by atoms with E-state index in [1.54, 1.807) is 18.4 Å². The number of piperidine rings is 1. The third-order valence-electron chi connectivity index (χ3n) is 6.14. The molecule has 1 aliphatic heterocycles. The van der Waals surface area contributed by atoms with Gasteiger partial charge in [-0.25, -0.2) is 9.78 Å². The van der Waals surface area contributed by atoms with Crippen LogP contribution in [-0.2, 0) is 14.1 Å². The van der Waals surface area contributed by atoms with E-state index in [-0.39, 0.29) is 23.0 Å². The van der Waals surface area contributed by atoms with Crippen LogP contribution in [0.2, 0.25) is 0 Å². The van der Waals surface area contributed by atoms with Crippen molar-refractivity contribution in [1.29, 1.82) is 0 Å². The van der Waals surface area contributed by atoms with Gasteiger partial charge in [-0.3, -0.25) is 23.6 Å². The number of aromatic nitrogens is 3. The molecule has 0 aliphatic carbocycles. The highest BCUT2D eigenvalue weighted by atomic mass is 32.1. The quantitative estimate of drug-likeness (QED) is 0.653. The number of rotatable bonds is 5. The average Bonchev–Trinajstić information content (AvgIpc) is 3.31. The second-order valence-corrected chi connectivity index (χ2v) is 9.24. The first-order chi connectivity index (χ1) is 14.9. The smallest absolute Gasteiger partial charge is 0.332 e. The molecule has 1 N–H and O–H groups in total. The van der Waals surface area contributed by atoms with Gasteiger partial charge in [0.15, 0.2) is 0 Å². The summed E-state index contributed by atoms with van der Waals surface area (Å²) in [5.41, 5.74) is -0.333. The van der Waals surface area contributed by atoms with Crippen LogP contribution >= 0.6 is 11.3 Å². The van der Waals surface area contributed by atoms with Crippen LogP contribution in [0.4, 0.5) is 0 Å². The molecule has 0 radical (unpaired) electrons. The van der Waals surface area contributed by atoms with Crippen LogP contribution in [-0.4, -0.2) is 44.6 Å². The minimum atomic E-state index is -0.459. The third-order valence-corrected chi connectivity index (χ3v) is 7.12. The van der Waals surface area contributed by atoms with Gasteiger partial charge in [0.1, 0.15) is 5.65 Å². The van der Waals surface area contributed by atoms with E-state index in [0.29, 0.717) is 12.1 Å². The summed E-state index contributed by atoms with van der Waals surface area (Å²) in [5, 5.41) is 5.34. The highest BCUT2D eigenvalue weighted by molar-refractivity contribution is 7.10. The highest BCUT2D eigenvalue weighted by Crippen LogP contribution is 2.29. The monoisotopic (exact) mass is 441 g/mol. The van der Waals surface area contributed by atoms with Gasteiger partial charge in [-0.2, -0.15) is 0 Å². The average molecular weight is 442 g/mol. The minimum Gasteiger partial charge on any atom is -0.350 e. The van der Waals surface area contributed by atoms with Gasteiger partial charge in [0, 0.05) is 31.7 Å². The molecular formula is C22H27N5O3S. The van der Waals surface area contributed by atoms with Gasteiger partial charge >= 0.3 is 5.69 Å². The van der Waals surface area contributed by atoms with E-state index in [1.807, 2.05) is 6.07 Å². The molecule has 1 atom stereocenters. The Labute approximate surface area is 184 Å². The van der Waals surface area contributed by atoms with Crippen molar-refractivity contribution in [3.8, 4) is 0 Å². The van der Waals surface area contributed by atoms with Crippen molar-refractivity contribution in [2.45, 2.75) is 25.8 Å². The molecule has 0 aromatic carbocycles. The van der Waals surface area contributed by atoms with Gasteiger partial charge in [-0.1, -0.05) is 13.0 Å². The zero-order valence-corrected chi connectivity index (χ0v) is 18.8. The van der Waals surface area contributed by atoms with Gasteiger partial charge in [0.05, 0.1) is 17.0 Å². The van der Waals surface area contributed by atoms with Crippen LogP contribution in [0, 0.1) is 5.92 Å². The summed E-state index contributed by atoms with van der Waals surface area (Å²) in [4.78, 5) is 45.4. The van der Waals surface area contributed by atoms with Crippen molar-refractivity contribution in [3.05, 3.63) is 61.1 Å². The lowest BCUT2D eigenvalue weighted by atomic mass is 9.97. The molecule has 9 heteroatoms. The van der Waals surface area contributed by atoms with Gasteiger partial charge < -0.3 is 5.32 Å². The predicted octanol–water partition coefficient (Wildman–Crippen LogP) is 1.90. The van der Waals surface area contributed by atoms with Gasteiger partial charge in [0.2, 0.25) is 0 Å². The molecule has 4 rings (SSSR count). The normalized spacial score (nSPS) is 16.5. The molecule has 31 heavy (non-hydrogen) atoms. The van der Waals surface area contributed by atoms with Gasteiger partial charge in [-0.05, 0) is 49.4 Å². The molecule has 8 nitrogen and oxygen atoms in total. The number of hydrogen-bond donors (Lipinski definition) is 1. The van der Waals surface area contributed by atoms with E-state index in [4.69, 9.17) is 0 Å². The Bertz CT molecular complexity index is 1210. The van der Waals surface area contributed by atoms with Crippen LogP contribution in [0.15, 0.2) is 39.4 Å². The largest absolute Gasteiger partial charge is 0.350 e. The SMILES string of the molecule is CC1CCN([C@@H](CNC(=O)c2cnc3c(c2)c(=O)n(C)c(=O)n3C)c2cccs2)CC1. The number of nitrogens with zero attached hydrogens (tertiary/aromatic N) is 4. The lowest BCUT2D eigenvalue weighted by molar-refractivity contribution is 0.0914. The Kier molecular flexibility index (Phi) is 6.06. The fraction of sp³-hybridized carbons (Fsp3) is 0.455. The molecule has 4 heterocycles. The van der Waals surface area contributed by atoms with E-state index >= 15 is 0 Å². The maximum Gasteiger partial charge on any atom is 0.332 e. The first-order valence-corrected chi connectivity index (χ1v) is 11.4. The standard InChI is InChI=1S/C22H27N5O3S/c1-14-6-8-27(9-7-14)17(18-5-4-10-31-18)13-24-20(28)15-11-16-19(23-12-15)25(2)22(30)26(3)21(16)29/h4-5,10-12,14,17H,6-9,13H2,1-3H3,(H,24,28)/t17-/m0/s1. The number of hydrogen-bond acceptors (Lipinski definition) is 6. The minimum absolute atomic E-state index is 0.124. The highest BCUT2D eigenvalue weighted by Gasteiger charge is 2.26. The van der Waals surface area contributed by atoms with E-state index in [2.05, 4.69) is 33.6 Å². The molecule has 1 saturated heterocycles. The van der Waals surface area contributed by atoms with E-state index < -0.39 is 11.2 Å². The predicted molar refractivity (Wildman–Crippen MR) is 122 cm³/mol. The van der Waals surface area contributed by atoms with Crippen LogP contribution in [0.1, 0.15) is 41.0 Å². The summed E-state index contributed by atoms with van der Waals surface area (Å²) < 4.78 is 2.33. The van der Waals surface area contributed by atoms with Crippen LogP contribution in [0.3, 0.4) is 0 Å². The summed E-state index contributed by atoms with van der Waals surface area (Å²) >= 11 is 1.70. The summed E-state index contributed by atoms with van der Waals surface area (Å²) in [5.74, 6) is 0.453.